The highest BCUT2D eigenvalue weighted by atomic mass is 32.1. The number of nitrogens with one attached hydrogen (secondary N) is 1. The molecule has 1 heterocycles. The Morgan fingerprint density at radius 3 is 2.57 bits per heavy atom. The number of carbonyl (C=O) groups excluding carboxylic acids is 1. The van der Waals surface area contributed by atoms with E-state index in [1.165, 1.54) is 18.3 Å². The Morgan fingerprint density at radius 2 is 1.93 bits per heavy atom. The molecular formula is C22H24N2O3S. The van der Waals surface area contributed by atoms with Gasteiger partial charge >= 0.3 is 0 Å². The van der Waals surface area contributed by atoms with Gasteiger partial charge in [0.1, 0.15) is 16.3 Å². The van der Waals surface area contributed by atoms with Crippen molar-refractivity contribution in [1.82, 2.24) is 10.3 Å². The highest BCUT2D eigenvalue weighted by Crippen LogP contribution is 2.35. The lowest BCUT2D eigenvalue weighted by molar-refractivity contribution is -0.120. The van der Waals surface area contributed by atoms with Gasteiger partial charge in [-0.15, -0.1) is 11.3 Å². The Labute approximate surface area is 169 Å². The quantitative estimate of drug-likeness (QED) is 0.644. The van der Waals surface area contributed by atoms with Gasteiger partial charge in [0.25, 0.3) is 0 Å². The lowest BCUT2D eigenvalue weighted by Crippen LogP contribution is -2.43. The molecule has 0 spiro atoms. The average Bonchev–Trinajstić information content (AvgIpc) is 3.19. The summed E-state index contributed by atoms with van der Waals surface area (Å²) < 4.78 is 10.5. The van der Waals surface area contributed by atoms with Crippen LogP contribution < -0.4 is 10.1 Å². The molecule has 2 aromatic carbocycles. The van der Waals surface area contributed by atoms with Crippen LogP contribution in [0.1, 0.15) is 30.0 Å². The third-order valence-electron chi connectivity index (χ3n) is 4.56. The van der Waals surface area contributed by atoms with Crippen LogP contribution in [-0.2, 0) is 21.7 Å². The zero-order chi connectivity index (χ0) is 20.1. The Kier molecular flexibility index (Phi) is 6.11. The van der Waals surface area contributed by atoms with Crippen molar-refractivity contribution in [2.45, 2.75) is 26.0 Å². The van der Waals surface area contributed by atoms with Crippen molar-refractivity contribution in [3.05, 3.63) is 70.0 Å². The number of aromatic nitrogens is 1. The first kappa shape index (κ1) is 20.0. The lowest BCUT2D eigenvalue weighted by atomic mass is 9.92. The molecule has 1 aromatic heterocycles. The summed E-state index contributed by atoms with van der Waals surface area (Å²) in [7, 11) is 3.31. The first-order valence-corrected chi connectivity index (χ1v) is 9.82. The molecule has 0 radical (unpaired) electrons. The van der Waals surface area contributed by atoms with Gasteiger partial charge in [0, 0.05) is 25.0 Å². The van der Waals surface area contributed by atoms with Crippen molar-refractivity contribution >= 4 is 17.2 Å². The number of thiazole rings is 1. The minimum atomic E-state index is -0.731. The van der Waals surface area contributed by atoms with Crippen LogP contribution in [0.25, 0.3) is 11.3 Å². The van der Waals surface area contributed by atoms with E-state index in [2.05, 4.69) is 11.4 Å². The number of nitrogens with zero attached hydrogens (tertiary/aromatic N) is 1. The topological polar surface area (TPSA) is 60.5 Å². The van der Waals surface area contributed by atoms with E-state index < -0.39 is 5.54 Å². The van der Waals surface area contributed by atoms with E-state index in [0.29, 0.717) is 6.61 Å². The van der Waals surface area contributed by atoms with Crippen LogP contribution in [0, 0.1) is 0 Å². The highest BCUT2D eigenvalue weighted by molar-refractivity contribution is 7.10. The Balaban J connectivity index is 2.00. The van der Waals surface area contributed by atoms with Crippen LogP contribution in [0.4, 0.5) is 0 Å². The third kappa shape index (κ3) is 4.24. The van der Waals surface area contributed by atoms with Crippen molar-refractivity contribution < 1.29 is 14.3 Å². The molecule has 3 rings (SSSR count). The number of amides is 1. The Bertz CT molecular complexity index is 952. The van der Waals surface area contributed by atoms with Crippen LogP contribution in [0.5, 0.6) is 5.75 Å². The normalized spacial score (nSPS) is 13.0. The van der Waals surface area contributed by atoms with Crippen molar-refractivity contribution in [2.75, 3.05) is 14.2 Å². The highest BCUT2D eigenvalue weighted by Gasteiger charge is 2.33. The fraction of sp³-hybridized carbons (Fsp3) is 0.273. The van der Waals surface area contributed by atoms with Crippen molar-refractivity contribution in [2.24, 2.45) is 0 Å². The molecule has 1 unspecified atom stereocenters. The van der Waals surface area contributed by atoms with Gasteiger partial charge in [-0.3, -0.25) is 4.79 Å². The fourth-order valence-electron chi connectivity index (χ4n) is 3.15. The van der Waals surface area contributed by atoms with E-state index in [9.17, 15) is 4.79 Å². The molecule has 1 amide bonds. The van der Waals surface area contributed by atoms with Gasteiger partial charge in [0.05, 0.1) is 19.4 Å². The molecule has 0 saturated heterocycles. The molecule has 6 heteroatoms. The van der Waals surface area contributed by atoms with Crippen LogP contribution in [0.15, 0.2) is 53.9 Å². The summed E-state index contributed by atoms with van der Waals surface area (Å²) in [6.07, 6.45) is 0. The second-order valence-corrected chi connectivity index (χ2v) is 7.56. The first-order valence-electron chi connectivity index (χ1n) is 8.94. The van der Waals surface area contributed by atoms with Crippen LogP contribution >= 0.6 is 11.3 Å². The van der Waals surface area contributed by atoms with E-state index in [1.54, 1.807) is 14.2 Å². The molecule has 0 aliphatic carbocycles. The zero-order valence-electron chi connectivity index (χ0n) is 16.5. The molecule has 0 saturated carbocycles. The summed E-state index contributed by atoms with van der Waals surface area (Å²) in [5.41, 5.74) is 3.21. The maximum Gasteiger partial charge on any atom is 0.217 e. The Hall–Kier alpha value is -2.70. The Morgan fingerprint density at radius 1 is 1.18 bits per heavy atom. The van der Waals surface area contributed by atoms with Gasteiger partial charge in [0.15, 0.2) is 0 Å². The van der Waals surface area contributed by atoms with Crippen LogP contribution in [0.2, 0.25) is 0 Å². The monoisotopic (exact) mass is 396 g/mol. The van der Waals surface area contributed by atoms with E-state index in [0.717, 1.165) is 33.1 Å². The third-order valence-corrected chi connectivity index (χ3v) is 5.62. The second-order valence-electron chi connectivity index (χ2n) is 6.71. The minimum Gasteiger partial charge on any atom is -0.497 e. The van der Waals surface area contributed by atoms with Gasteiger partial charge in [-0.1, -0.05) is 30.3 Å². The van der Waals surface area contributed by atoms with Crippen LogP contribution in [-0.4, -0.2) is 25.1 Å². The largest absolute Gasteiger partial charge is 0.497 e. The van der Waals surface area contributed by atoms with Gasteiger partial charge < -0.3 is 14.8 Å². The first-order chi connectivity index (χ1) is 13.5. The second kappa shape index (κ2) is 8.54. The molecule has 0 bridgehead atoms. The average molecular weight is 397 g/mol. The van der Waals surface area contributed by atoms with Gasteiger partial charge in [-0.25, -0.2) is 4.98 Å². The summed E-state index contributed by atoms with van der Waals surface area (Å²) in [4.78, 5) is 16.8. The maximum absolute atomic E-state index is 11.9. The zero-order valence-corrected chi connectivity index (χ0v) is 17.3. The molecule has 146 valence electrons. The van der Waals surface area contributed by atoms with Gasteiger partial charge in [-0.05, 0) is 36.2 Å². The molecule has 1 atom stereocenters. The van der Waals surface area contributed by atoms with Crippen molar-refractivity contribution in [1.29, 1.82) is 0 Å². The molecule has 28 heavy (non-hydrogen) atoms. The van der Waals surface area contributed by atoms with Crippen molar-refractivity contribution in [3.63, 3.8) is 0 Å². The van der Waals surface area contributed by atoms with Crippen molar-refractivity contribution in [3.8, 4) is 17.0 Å². The summed E-state index contributed by atoms with van der Waals surface area (Å²) >= 11 is 1.53. The summed E-state index contributed by atoms with van der Waals surface area (Å²) in [5, 5.41) is 5.91. The number of methoxy groups -OCH3 is 2. The molecule has 0 aliphatic rings. The number of hydrogen-bond donors (Lipinski definition) is 1. The number of benzene rings is 2. The predicted octanol–water partition coefficient (Wildman–Crippen LogP) is 4.36. The van der Waals surface area contributed by atoms with E-state index >= 15 is 0 Å². The molecule has 0 fully saturated rings. The molecule has 5 nitrogen and oxygen atoms in total. The molecule has 1 N–H and O–H groups in total. The smallest absolute Gasteiger partial charge is 0.217 e. The number of rotatable bonds is 7. The van der Waals surface area contributed by atoms with Gasteiger partial charge in [-0.2, -0.15) is 0 Å². The summed E-state index contributed by atoms with van der Waals surface area (Å²) in [5.74, 6) is 0.654. The number of hydrogen-bond acceptors (Lipinski definition) is 5. The lowest BCUT2D eigenvalue weighted by Gasteiger charge is -2.29. The van der Waals surface area contributed by atoms with E-state index in [1.807, 2.05) is 54.8 Å². The standard InChI is InChI=1S/C22H24N2O3S/c1-15(25)24-22(2,18-8-10-19(27-4)11-9-18)21-23-20(14-28-21)17-7-5-6-16(12-17)13-26-3/h5-12,14H,13H2,1-4H3,(H,24,25). The summed E-state index contributed by atoms with van der Waals surface area (Å²) in [6.45, 7) is 4.05. The van der Waals surface area contributed by atoms with Crippen LogP contribution in [0.3, 0.4) is 0 Å². The maximum atomic E-state index is 11.9. The van der Waals surface area contributed by atoms with Gasteiger partial charge in [0.2, 0.25) is 5.91 Å². The molecule has 3 aromatic rings. The predicted molar refractivity (Wildman–Crippen MR) is 112 cm³/mol. The molecular weight excluding hydrogens is 372 g/mol. The molecule has 0 aliphatic heterocycles. The fourth-order valence-corrected chi connectivity index (χ4v) is 4.12. The SMILES string of the molecule is COCc1cccc(-c2csc(C(C)(NC(C)=O)c3ccc(OC)cc3)n2)c1. The van der Waals surface area contributed by atoms with E-state index in [4.69, 9.17) is 14.5 Å². The summed E-state index contributed by atoms with van der Waals surface area (Å²) in [6, 6.07) is 15.8. The number of carbonyl (C=O) groups is 1. The minimum absolute atomic E-state index is 0.114. The van der Waals surface area contributed by atoms with E-state index in [-0.39, 0.29) is 5.91 Å². The number of ether oxygens (including phenoxy) is 2.